The normalized spacial score (nSPS) is 19.4. The van der Waals surface area contributed by atoms with E-state index in [1.807, 2.05) is 11.3 Å². The van der Waals surface area contributed by atoms with Crippen molar-refractivity contribution in [3.63, 3.8) is 0 Å². The molecule has 0 radical (unpaired) electrons. The molecule has 4 nitrogen and oxygen atoms in total. The fourth-order valence-electron chi connectivity index (χ4n) is 13.6. The SMILES string of the molecule is Cc1cc2c3c(c1)N(c1cccc4c1oc1ccccc14)c1cc(N4c5ccc(C(C)(C)C)cc5C5(C)CCCCC45C)ccc1B3c1cc(C(C)(C)C)ccc1N2c1ccc2c(c1)sc1ccccc12. The summed E-state index contributed by atoms with van der Waals surface area (Å²) in [5.41, 5.74) is 20.9. The summed E-state index contributed by atoms with van der Waals surface area (Å²) in [6.45, 7) is 21.5. The van der Waals surface area contributed by atoms with Crippen LogP contribution in [0.4, 0.5) is 45.5 Å². The molecule has 0 bridgehead atoms. The Morgan fingerprint density at radius 1 is 0.521 bits per heavy atom. The lowest BCUT2D eigenvalue weighted by Crippen LogP contribution is -2.61. The van der Waals surface area contributed by atoms with E-state index in [1.165, 1.54) is 118 Å². The molecule has 0 saturated heterocycles. The van der Waals surface area contributed by atoms with E-state index in [9.17, 15) is 0 Å². The molecule has 1 aliphatic carbocycles. The van der Waals surface area contributed by atoms with E-state index in [1.54, 1.807) is 0 Å². The lowest BCUT2D eigenvalue weighted by Gasteiger charge is -2.50. The first-order valence-electron chi connectivity index (χ1n) is 25.9. The summed E-state index contributed by atoms with van der Waals surface area (Å²) < 4.78 is 9.64. The van der Waals surface area contributed by atoms with Crippen molar-refractivity contribution in [3.05, 3.63) is 174 Å². The number of aryl methyl sites for hydroxylation is 1. The molecule has 14 rings (SSSR count). The second kappa shape index (κ2) is 14.7. The Bertz CT molecular complexity index is 3900. The second-order valence-corrected chi connectivity index (χ2v) is 24.8. The van der Waals surface area contributed by atoms with Crippen LogP contribution >= 0.6 is 11.3 Å². The van der Waals surface area contributed by atoms with Crippen LogP contribution in [-0.2, 0) is 16.2 Å². The Kier molecular flexibility index (Phi) is 8.90. The van der Waals surface area contributed by atoms with E-state index < -0.39 is 0 Å². The molecule has 0 N–H and O–H groups in total. The monoisotopic (exact) mass is 941 g/mol. The topological polar surface area (TPSA) is 22.9 Å². The van der Waals surface area contributed by atoms with Gasteiger partial charge in [-0.15, -0.1) is 11.3 Å². The molecule has 1 saturated carbocycles. The Balaban J connectivity index is 1.06. The maximum atomic E-state index is 7.01. The highest BCUT2D eigenvalue weighted by Crippen LogP contribution is 2.62. The van der Waals surface area contributed by atoms with Gasteiger partial charge < -0.3 is 19.1 Å². The van der Waals surface area contributed by atoms with Crippen molar-refractivity contribution in [1.82, 2.24) is 0 Å². The second-order valence-electron chi connectivity index (χ2n) is 23.7. The van der Waals surface area contributed by atoms with Crippen molar-refractivity contribution in [3.8, 4) is 0 Å². The fraction of sp³-hybridized carbons (Fsp3) is 0.262. The third-order valence-corrected chi connectivity index (χ3v) is 18.7. The standard InChI is InChI=1S/C65H60BN3OS/c1-39-33-55-60-56(34-39)68(53-20-16-19-47-44-17-10-12-21-57(44)70-61(47)53)54-37-43(69-51-29-23-40(62(2,3)4)35-48(51)64(8)31-14-15-32-65(64,69)9)26-28-49(54)66(60)50-36-41(63(5,6)7)24-30-52(50)67(55)42-25-27-46-45-18-11-13-22-58(45)71-59(46)38-42/h10-13,16-30,33-38H,14-15,31-32H2,1-9H3. The predicted octanol–water partition coefficient (Wildman–Crippen LogP) is 16.7. The zero-order valence-corrected chi connectivity index (χ0v) is 43.3. The largest absolute Gasteiger partial charge is 0.454 e. The van der Waals surface area contributed by atoms with E-state index in [0.717, 1.165) is 34.0 Å². The molecule has 8 aromatic carbocycles. The highest BCUT2D eigenvalue weighted by atomic mass is 32.1. The zero-order valence-electron chi connectivity index (χ0n) is 42.5. The van der Waals surface area contributed by atoms with Crippen molar-refractivity contribution in [2.45, 2.75) is 110 Å². The summed E-state index contributed by atoms with van der Waals surface area (Å²) in [4.78, 5) is 7.93. The number of furan rings is 1. The molecular weight excluding hydrogens is 882 g/mol. The number of rotatable bonds is 3. The van der Waals surface area contributed by atoms with Crippen LogP contribution in [0.5, 0.6) is 0 Å². The molecule has 4 aliphatic rings. The molecule has 350 valence electrons. The Hall–Kier alpha value is -6.76. The van der Waals surface area contributed by atoms with Crippen LogP contribution in [0.1, 0.15) is 103 Å². The Morgan fingerprint density at radius 2 is 1.20 bits per heavy atom. The molecule has 2 atom stereocenters. The number of hydrogen-bond acceptors (Lipinski definition) is 5. The predicted molar refractivity (Wildman–Crippen MR) is 306 cm³/mol. The highest BCUT2D eigenvalue weighted by Gasteiger charge is 2.58. The van der Waals surface area contributed by atoms with Gasteiger partial charge in [0.05, 0.1) is 11.2 Å². The molecule has 10 aromatic rings. The van der Waals surface area contributed by atoms with Crippen LogP contribution in [0, 0.1) is 6.92 Å². The van der Waals surface area contributed by atoms with E-state index in [2.05, 4.69) is 229 Å². The summed E-state index contributed by atoms with van der Waals surface area (Å²) in [5, 5.41) is 4.90. The minimum absolute atomic E-state index is 0.00386. The van der Waals surface area contributed by atoms with Crippen LogP contribution in [0.15, 0.2) is 156 Å². The van der Waals surface area contributed by atoms with Gasteiger partial charge in [-0.1, -0.05) is 146 Å². The number of nitrogens with zero attached hydrogens (tertiary/aromatic N) is 3. The first-order valence-corrected chi connectivity index (χ1v) is 26.7. The third-order valence-electron chi connectivity index (χ3n) is 17.5. The van der Waals surface area contributed by atoms with Gasteiger partial charge in [-0.2, -0.15) is 0 Å². The van der Waals surface area contributed by atoms with E-state index in [4.69, 9.17) is 4.42 Å². The molecular formula is C65H60BN3OS. The van der Waals surface area contributed by atoms with E-state index in [-0.39, 0.29) is 28.5 Å². The minimum atomic E-state index is -0.104. The molecule has 2 unspecified atom stereocenters. The van der Waals surface area contributed by atoms with Gasteiger partial charge in [-0.25, -0.2) is 0 Å². The van der Waals surface area contributed by atoms with E-state index >= 15 is 0 Å². The van der Waals surface area contributed by atoms with Crippen molar-refractivity contribution in [1.29, 1.82) is 0 Å². The summed E-state index contributed by atoms with van der Waals surface area (Å²) in [7, 11) is 0. The number of fused-ring (bicyclic) bond motifs is 13. The number of benzene rings is 8. The van der Waals surface area contributed by atoms with Crippen LogP contribution in [-0.4, -0.2) is 12.3 Å². The molecule has 71 heavy (non-hydrogen) atoms. The van der Waals surface area contributed by atoms with Crippen LogP contribution in [0.3, 0.4) is 0 Å². The summed E-state index contributed by atoms with van der Waals surface area (Å²) in [6, 6.07) is 58.4. The Labute approximate surface area is 422 Å². The average Bonchev–Trinajstić information content (AvgIpc) is 3.99. The molecule has 0 spiro atoms. The third kappa shape index (κ3) is 5.98. The molecule has 5 heterocycles. The van der Waals surface area contributed by atoms with Crippen LogP contribution < -0.4 is 31.1 Å². The average molecular weight is 942 g/mol. The number of anilines is 8. The molecule has 0 amide bonds. The first kappa shape index (κ1) is 43.1. The number of thiophene rings is 1. The minimum Gasteiger partial charge on any atom is -0.454 e. The molecule has 2 aromatic heterocycles. The zero-order chi connectivity index (χ0) is 48.5. The van der Waals surface area contributed by atoms with Gasteiger partial charge in [0.25, 0.3) is 6.71 Å². The van der Waals surface area contributed by atoms with Gasteiger partial charge in [0.2, 0.25) is 0 Å². The number of hydrogen-bond donors (Lipinski definition) is 0. The maximum absolute atomic E-state index is 7.01. The first-order chi connectivity index (χ1) is 34.1. The summed E-state index contributed by atoms with van der Waals surface area (Å²) in [6.07, 6.45) is 4.80. The quantitative estimate of drug-likeness (QED) is 0.165. The smallest absolute Gasteiger partial charge is 0.252 e. The molecule has 1 fully saturated rings. The Morgan fingerprint density at radius 3 is 2.00 bits per heavy atom. The molecule has 6 heteroatoms. The lowest BCUT2D eigenvalue weighted by molar-refractivity contribution is 0.195. The van der Waals surface area contributed by atoms with Crippen LogP contribution in [0.25, 0.3) is 42.1 Å². The highest BCUT2D eigenvalue weighted by molar-refractivity contribution is 7.25. The van der Waals surface area contributed by atoms with Crippen LogP contribution in [0.2, 0.25) is 0 Å². The lowest BCUT2D eigenvalue weighted by atomic mass is 9.33. The van der Waals surface area contributed by atoms with Gasteiger partial charge in [-0.3, -0.25) is 0 Å². The summed E-state index contributed by atoms with van der Waals surface area (Å²) in [5.74, 6) is 0. The maximum Gasteiger partial charge on any atom is 0.252 e. The van der Waals surface area contributed by atoms with Gasteiger partial charge in [0.1, 0.15) is 5.58 Å². The van der Waals surface area contributed by atoms with Gasteiger partial charge in [0, 0.05) is 76.2 Å². The van der Waals surface area contributed by atoms with Crippen molar-refractivity contribution in [2.75, 3.05) is 14.7 Å². The van der Waals surface area contributed by atoms with Crippen molar-refractivity contribution in [2.24, 2.45) is 0 Å². The van der Waals surface area contributed by atoms with Crippen molar-refractivity contribution >= 4 is 122 Å². The molecule has 3 aliphatic heterocycles. The van der Waals surface area contributed by atoms with Crippen molar-refractivity contribution < 1.29 is 4.42 Å². The van der Waals surface area contributed by atoms with Gasteiger partial charge in [0.15, 0.2) is 5.58 Å². The fourth-order valence-corrected chi connectivity index (χ4v) is 14.8. The van der Waals surface area contributed by atoms with Gasteiger partial charge in [-0.05, 0) is 143 Å². The summed E-state index contributed by atoms with van der Waals surface area (Å²) >= 11 is 1.89. The van der Waals surface area contributed by atoms with Gasteiger partial charge >= 0.3 is 0 Å². The number of para-hydroxylation sites is 2. The van der Waals surface area contributed by atoms with E-state index in [0.29, 0.717) is 0 Å².